The van der Waals surface area contributed by atoms with E-state index < -0.39 is 5.97 Å². The van der Waals surface area contributed by atoms with Gasteiger partial charge in [0.2, 0.25) is 0 Å². The van der Waals surface area contributed by atoms with E-state index in [1.54, 1.807) is 12.4 Å². The molecule has 0 spiro atoms. The lowest BCUT2D eigenvalue weighted by Crippen LogP contribution is -2.45. The predicted octanol–water partition coefficient (Wildman–Crippen LogP) is 1.52. The lowest BCUT2D eigenvalue weighted by molar-refractivity contribution is -0.137. The van der Waals surface area contributed by atoms with E-state index in [-0.39, 0.29) is 25.0 Å². The number of nitrogens with zero attached hydrogens (tertiary/aromatic N) is 2. The van der Waals surface area contributed by atoms with Crippen LogP contribution < -0.4 is 5.32 Å². The smallest absolute Gasteiger partial charge is 0.317 e. The van der Waals surface area contributed by atoms with E-state index in [4.69, 9.17) is 5.11 Å². The van der Waals surface area contributed by atoms with Gasteiger partial charge in [-0.1, -0.05) is 6.07 Å². The summed E-state index contributed by atoms with van der Waals surface area (Å²) in [6, 6.07) is 3.53. The monoisotopic (exact) mass is 279 g/mol. The number of pyridine rings is 1. The number of carbonyl (C=O) groups excluding carboxylic acids is 1. The predicted molar refractivity (Wildman–Crippen MR) is 75.4 cm³/mol. The van der Waals surface area contributed by atoms with Gasteiger partial charge < -0.3 is 15.3 Å². The van der Waals surface area contributed by atoms with Gasteiger partial charge in [0.15, 0.2) is 0 Å². The molecule has 0 aliphatic heterocycles. The van der Waals surface area contributed by atoms with Gasteiger partial charge in [-0.3, -0.25) is 9.78 Å². The number of amides is 2. The maximum Gasteiger partial charge on any atom is 0.317 e. The SMILES string of the molecule is CC(C)N(CCC(=O)O)C(=O)NCCc1cccnc1. The van der Waals surface area contributed by atoms with Crippen LogP contribution in [-0.2, 0) is 11.2 Å². The zero-order chi connectivity index (χ0) is 15.0. The quantitative estimate of drug-likeness (QED) is 0.792. The average molecular weight is 279 g/mol. The highest BCUT2D eigenvalue weighted by molar-refractivity contribution is 5.75. The summed E-state index contributed by atoms with van der Waals surface area (Å²) in [6.45, 7) is 4.44. The number of aliphatic carboxylic acids is 1. The topological polar surface area (TPSA) is 82.5 Å². The molecule has 110 valence electrons. The van der Waals surface area contributed by atoms with Gasteiger partial charge in [-0.25, -0.2) is 4.79 Å². The maximum atomic E-state index is 12.0. The molecule has 2 amide bonds. The highest BCUT2D eigenvalue weighted by Crippen LogP contribution is 2.01. The summed E-state index contributed by atoms with van der Waals surface area (Å²) in [5.74, 6) is -0.904. The largest absolute Gasteiger partial charge is 0.481 e. The first-order valence-corrected chi connectivity index (χ1v) is 6.66. The molecule has 1 aromatic heterocycles. The average Bonchev–Trinajstić information content (AvgIpc) is 2.39. The second-order valence-electron chi connectivity index (χ2n) is 4.77. The van der Waals surface area contributed by atoms with Gasteiger partial charge in [0.05, 0.1) is 6.42 Å². The molecule has 0 aliphatic rings. The highest BCUT2D eigenvalue weighted by Gasteiger charge is 2.17. The van der Waals surface area contributed by atoms with Gasteiger partial charge in [-0.05, 0) is 31.9 Å². The van der Waals surface area contributed by atoms with Crippen LogP contribution in [0.15, 0.2) is 24.5 Å². The molecule has 0 fully saturated rings. The van der Waals surface area contributed by atoms with Crippen LogP contribution in [-0.4, -0.2) is 46.1 Å². The first-order chi connectivity index (χ1) is 9.50. The van der Waals surface area contributed by atoms with Gasteiger partial charge in [-0.2, -0.15) is 0 Å². The minimum atomic E-state index is -0.904. The molecule has 0 aliphatic carbocycles. The van der Waals surface area contributed by atoms with E-state index in [2.05, 4.69) is 10.3 Å². The molecule has 0 atom stereocenters. The van der Waals surface area contributed by atoms with Crippen molar-refractivity contribution in [3.05, 3.63) is 30.1 Å². The summed E-state index contributed by atoms with van der Waals surface area (Å²) >= 11 is 0. The molecule has 0 unspecified atom stereocenters. The Morgan fingerprint density at radius 1 is 1.45 bits per heavy atom. The normalized spacial score (nSPS) is 10.3. The summed E-state index contributed by atoms with van der Waals surface area (Å²) < 4.78 is 0. The fourth-order valence-corrected chi connectivity index (χ4v) is 1.77. The molecule has 1 rings (SSSR count). The second-order valence-corrected chi connectivity index (χ2v) is 4.77. The fourth-order valence-electron chi connectivity index (χ4n) is 1.77. The summed E-state index contributed by atoms with van der Waals surface area (Å²) in [5, 5.41) is 11.5. The molecule has 6 heteroatoms. The summed E-state index contributed by atoms with van der Waals surface area (Å²) in [5.41, 5.74) is 1.05. The molecule has 6 nitrogen and oxygen atoms in total. The maximum absolute atomic E-state index is 12.0. The molecular formula is C14H21N3O3. The van der Waals surface area contributed by atoms with Crippen molar-refractivity contribution in [3.8, 4) is 0 Å². The molecule has 1 aromatic rings. The van der Waals surface area contributed by atoms with E-state index in [1.807, 2.05) is 26.0 Å². The van der Waals surface area contributed by atoms with Gasteiger partial charge in [0, 0.05) is 31.5 Å². The summed E-state index contributed by atoms with van der Waals surface area (Å²) in [6.07, 6.45) is 4.12. The lowest BCUT2D eigenvalue weighted by atomic mass is 10.2. The number of urea groups is 1. The molecule has 0 bridgehead atoms. The van der Waals surface area contributed by atoms with Crippen molar-refractivity contribution >= 4 is 12.0 Å². The van der Waals surface area contributed by atoms with Crippen molar-refractivity contribution in [2.45, 2.75) is 32.7 Å². The summed E-state index contributed by atoms with van der Waals surface area (Å²) in [7, 11) is 0. The molecule has 0 saturated heterocycles. The number of nitrogens with one attached hydrogen (secondary N) is 1. The number of aromatic nitrogens is 1. The van der Waals surface area contributed by atoms with E-state index in [1.165, 1.54) is 4.90 Å². The first kappa shape index (κ1) is 15.9. The van der Waals surface area contributed by atoms with Crippen LogP contribution in [0.4, 0.5) is 4.79 Å². The van der Waals surface area contributed by atoms with E-state index in [0.717, 1.165) is 5.56 Å². The number of carboxylic acid groups (broad SMARTS) is 1. The Balaban J connectivity index is 2.40. The molecule has 0 saturated carbocycles. The van der Waals surface area contributed by atoms with Gasteiger partial charge in [0.25, 0.3) is 0 Å². The second kappa shape index (κ2) is 8.14. The number of hydrogen-bond acceptors (Lipinski definition) is 3. The fraction of sp³-hybridized carbons (Fsp3) is 0.500. The molecule has 20 heavy (non-hydrogen) atoms. The minimum Gasteiger partial charge on any atom is -0.481 e. The van der Waals surface area contributed by atoms with Crippen LogP contribution in [0.5, 0.6) is 0 Å². The Morgan fingerprint density at radius 2 is 2.20 bits per heavy atom. The Hall–Kier alpha value is -2.11. The zero-order valence-electron chi connectivity index (χ0n) is 11.9. The van der Waals surface area contributed by atoms with Crippen molar-refractivity contribution in [3.63, 3.8) is 0 Å². The standard InChI is InChI=1S/C14H21N3O3/c1-11(2)17(9-6-13(18)19)14(20)16-8-5-12-4-3-7-15-10-12/h3-4,7,10-11H,5-6,8-9H2,1-2H3,(H,16,20)(H,18,19). The van der Waals surface area contributed by atoms with Crippen LogP contribution in [0.1, 0.15) is 25.8 Å². The van der Waals surface area contributed by atoms with Crippen LogP contribution in [0.25, 0.3) is 0 Å². The van der Waals surface area contributed by atoms with Crippen LogP contribution in [0.2, 0.25) is 0 Å². The third kappa shape index (κ3) is 5.69. The molecule has 2 N–H and O–H groups in total. The van der Waals surface area contributed by atoms with Gasteiger partial charge >= 0.3 is 12.0 Å². The number of carbonyl (C=O) groups is 2. The molecule has 1 heterocycles. The third-order valence-corrected chi connectivity index (χ3v) is 2.86. The van der Waals surface area contributed by atoms with Crippen molar-refractivity contribution in [1.82, 2.24) is 15.2 Å². The Bertz CT molecular complexity index is 435. The van der Waals surface area contributed by atoms with Crippen LogP contribution in [0, 0.1) is 0 Å². The Kier molecular flexibility index (Phi) is 6.49. The van der Waals surface area contributed by atoms with Gasteiger partial charge in [0.1, 0.15) is 0 Å². The Morgan fingerprint density at radius 3 is 2.75 bits per heavy atom. The number of carboxylic acids is 1. The third-order valence-electron chi connectivity index (χ3n) is 2.86. The number of hydrogen-bond donors (Lipinski definition) is 2. The van der Waals surface area contributed by atoms with Crippen molar-refractivity contribution in [1.29, 1.82) is 0 Å². The van der Waals surface area contributed by atoms with Crippen LogP contribution in [0.3, 0.4) is 0 Å². The molecule has 0 radical (unpaired) electrons. The van der Waals surface area contributed by atoms with Crippen LogP contribution >= 0.6 is 0 Å². The highest BCUT2D eigenvalue weighted by atomic mass is 16.4. The Labute approximate surface area is 118 Å². The number of rotatable bonds is 7. The first-order valence-electron chi connectivity index (χ1n) is 6.66. The summed E-state index contributed by atoms with van der Waals surface area (Å²) in [4.78, 5) is 28.1. The zero-order valence-corrected chi connectivity index (χ0v) is 11.9. The molecule has 0 aromatic carbocycles. The minimum absolute atomic E-state index is 0.0345. The van der Waals surface area contributed by atoms with Crippen molar-refractivity contribution in [2.75, 3.05) is 13.1 Å². The van der Waals surface area contributed by atoms with Gasteiger partial charge in [-0.15, -0.1) is 0 Å². The van der Waals surface area contributed by atoms with E-state index >= 15 is 0 Å². The molecular weight excluding hydrogens is 258 g/mol. The van der Waals surface area contributed by atoms with Crippen molar-refractivity contribution in [2.24, 2.45) is 0 Å². The van der Waals surface area contributed by atoms with E-state index in [9.17, 15) is 9.59 Å². The van der Waals surface area contributed by atoms with E-state index in [0.29, 0.717) is 13.0 Å². The lowest BCUT2D eigenvalue weighted by Gasteiger charge is -2.26. The van der Waals surface area contributed by atoms with Crippen molar-refractivity contribution < 1.29 is 14.7 Å².